The molecule has 0 amide bonds. The number of hydrogen-bond acceptors (Lipinski definition) is 3. The minimum Gasteiger partial charge on any atom is -0.262 e. The first-order valence-electron chi connectivity index (χ1n) is 6.45. The van der Waals surface area contributed by atoms with Crippen LogP contribution in [0.25, 0.3) is 0 Å². The highest BCUT2D eigenvalue weighted by Gasteiger charge is 2.28. The van der Waals surface area contributed by atoms with E-state index < -0.39 is 0 Å². The molecular weight excluding hydrogens is 235 g/mol. The SMILES string of the molecule is CCSP(N(CC)CC)N(C(C)C)C(C)C. The van der Waals surface area contributed by atoms with E-state index in [2.05, 4.69) is 69.2 Å². The molecule has 98 valence electrons. The minimum atomic E-state index is -0.183. The molecule has 2 nitrogen and oxygen atoms in total. The van der Waals surface area contributed by atoms with Crippen molar-refractivity contribution in [2.45, 2.75) is 60.5 Å². The molecule has 0 aliphatic rings. The molecule has 0 aromatic rings. The van der Waals surface area contributed by atoms with Crippen LogP contribution in [0.5, 0.6) is 0 Å². The summed E-state index contributed by atoms with van der Waals surface area (Å²) in [5, 5.41) is 0. The lowest BCUT2D eigenvalue weighted by Gasteiger charge is -2.42. The third-order valence-corrected chi connectivity index (χ3v) is 8.06. The fourth-order valence-corrected chi connectivity index (χ4v) is 7.37. The van der Waals surface area contributed by atoms with Gasteiger partial charge in [0.1, 0.15) is 7.42 Å². The van der Waals surface area contributed by atoms with E-state index in [4.69, 9.17) is 0 Å². The Bertz CT molecular complexity index is 164. The summed E-state index contributed by atoms with van der Waals surface area (Å²) in [6.45, 7) is 18.4. The standard InChI is InChI=1S/C12H29N2PS/c1-8-13(9-2)15(16-10-3)14(11(4)5)12(6)7/h11-12H,8-10H2,1-7H3. The van der Waals surface area contributed by atoms with Crippen LogP contribution in [-0.4, -0.2) is 40.3 Å². The molecule has 0 aliphatic carbocycles. The molecule has 1 unspecified atom stereocenters. The third-order valence-electron chi connectivity index (χ3n) is 2.47. The average Bonchev–Trinajstić information content (AvgIpc) is 2.18. The molecule has 0 aromatic carbocycles. The van der Waals surface area contributed by atoms with E-state index in [1.165, 1.54) is 5.75 Å². The van der Waals surface area contributed by atoms with E-state index in [0.29, 0.717) is 12.1 Å². The van der Waals surface area contributed by atoms with Crippen molar-refractivity contribution in [3.63, 3.8) is 0 Å². The van der Waals surface area contributed by atoms with E-state index in [9.17, 15) is 0 Å². The van der Waals surface area contributed by atoms with Crippen molar-refractivity contribution in [1.82, 2.24) is 9.34 Å². The predicted octanol–water partition coefficient (Wildman–Crippen LogP) is 4.43. The van der Waals surface area contributed by atoms with Gasteiger partial charge >= 0.3 is 0 Å². The highest BCUT2D eigenvalue weighted by atomic mass is 32.7. The van der Waals surface area contributed by atoms with Crippen molar-refractivity contribution < 1.29 is 0 Å². The summed E-state index contributed by atoms with van der Waals surface area (Å²) < 4.78 is 5.29. The summed E-state index contributed by atoms with van der Waals surface area (Å²) in [5.41, 5.74) is 0. The maximum absolute atomic E-state index is 2.68. The molecule has 0 saturated heterocycles. The summed E-state index contributed by atoms with van der Waals surface area (Å²) in [7, 11) is -0.183. The van der Waals surface area contributed by atoms with Gasteiger partial charge in [-0.1, -0.05) is 20.8 Å². The second-order valence-corrected chi connectivity index (χ2v) is 8.50. The van der Waals surface area contributed by atoms with Crippen molar-refractivity contribution in [2.24, 2.45) is 0 Å². The first-order chi connectivity index (χ1) is 7.49. The molecule has 0 N–H and O–H groups in total. The highest BCUT2D eigenvalue weighted by molar-refractivity contribution is 8.54. The molecule has 0 radical (unpaired) electrons. The van der Waals surface area contributed by atoms with Gasteiger partial charge in [0.15, 0.2) is 0 Å². The van der Waals surface area contributed by atoms with Crippen molar-refractivity contribution in [3.8, 4) is 0 Å². The van der Waals surface area contributed by atoms with Gasteiger partial charge in [-0.25, -0.2) is 0 Å². The quantitative estimate of drug-likeness (QED) is 0.599. The molecule has 0 aliphatic heterocycles. The lowest BCUT2D eigenvalue weighted by Crippen LogP contribution is -2.36. The Balaban J connectivity index is 4.81. The molecule has 0 heterocycles. The van der Waals surface area contributed by atoms with Gasteiger partial charge in [-0.15, -0.1) is 11.4 Å². The van der Waals surface area contributed by atoms with Crippen LogP contribution in [0.2, 0.25) is 0 Å². The van der Waals surface area contributed by atoms with Gasteiger partial charge in [-0.2, -0.15) is 0 Å². The van der Waals surface area contributed by atoms with Gasteiger partial charge in [-0.3, -0.25) is 9.34 Å². The van der Waals surface area contributed by atoms with Crippen molar-refractivity contribution >= 4 is 18.8 Å². The van der Waals surface area contributed by atoms with E-state index in [0.717, 1.165) is 13.1 Å². The molecule has 0 bridgehead atoms. The van der Waals surface area contributed by atoms with Crippen LogP contribution < -0.4 is 0 Å². The van der Waals surface area contributed by atoms with E-state index in [1.54, 1.807) is 0 Å². The number of nitrogens with zero attached hydrogens (tertiary/aromatic N) is 2. The van der Waals surface area contributed by atoms with Gasteiger partial charge in [0.2, 0.25) is 0 Å². The Morgan fingerprint density at radius 1 is 0.938 bits per heavy atom. The Morgan fingerprint density at radius 2 is 1.38 bits per heavy atom. The predicted molar refractivity (Wildman–Crippen MR) is 80.1 cm³/mol. The number of rotatable bonds is 8. The van der Waals surface area contributed by atoms with Crippen LogP contribution in [0.3, 0.4) is 0 Å². The maximum Gasteiger partial charge on any atom is 0.104 e. The molecule has 4 heteroatoms. The van der Waals surface area contributed by atoms with E-state index in [1.807, 2.05) is 0 Å². The molecule has 1 atom stereocenters. The smallest absolute Gasteiger partial charge is 0.104 e. The lowest BCUT2D eigenvalue weighted by atomic mass is 10.3. The summed E-state index contributed by atoms with van der Waals surface area (Å²) in [5.74, 6) is 1.21. The first kappa shape index (κ1) is 16.7. The van der Waals surface area contributed by atoms with E-state index in [-0.39, 0.29) is 7.42 Å². The normalized spacial score (nSPS) is 14.4. The van der Waals surface area contributed by atoms with Gasteiger partial charge in [0.25, 0.3) is 0 Å². The molecule has 0 aromatic heterocycles. The Morgan fingerprint density at radius 3 is 1.62 bits per heavy atom. The van der Waals surface area contributed by atoms with Crippen molar-refractivity contribution in [2.75, 3.05) is 18.8 Å². The molecule has 0 rings (SSSR count). The van der Waals surface area contributed by atoms with Crippen LogP contribution in [-0.2, 0) is 0 Å². The van der Waals surface area contributed by atoms with Gasteiger partial charge in [0, 0.05) is 25.2 Å². The van der Waals surface area contributed by atoms with Crippen LogP contribution in [0.1, 0.15) is 48.5 Å². The van der Waals surface area contributed by atoms with Gasteiger partial charge < -0.3 is 0 Å². The van der Waals surface area contributed by atoms with Crippen LogP contribution in [0.4, 0.5) is 0 Å². The molecule has 16 heavy (non-hydrogen) atoms. The van der Waals surface area contributed by atoms with Crippen LogP contribution in [0.15, 0.2) is 0 Å². The molecule has 0 spiro atoms. The average molecular weight is 264 g/mol. The zero-order chi connectivity index (χ0) is 12.7. The second-order valence-electron chi connectivity index (χ2n) is 4.38. The van der Waals surface area contributed by atoms with Crippen LogP contribution in [0, 0.1) is 0 Å². The molecule has 0 saturated carbocycles. The lowest BCUT2D eigenvalue weighted by molar-refractivity contribution is 0.305. The zero-order valence-corrected chi connectivity index (χ0v) is 13.7. The van der Waals surface area contributed by atoms with Crippen molar-refractivity contribution in [1.29, 1.82) is 0 Å². The third kappa shape index (κ3) is 4.91. The second kappa shape index (κ2) is 8.74. The summed E-state index contributed by atoms with van der Waals surface area (Å²) in [6, 6.07) is 1.26. The fraction of sp³-hybridized carbons (Fsp3) is 1.00. The Kier molecular flexibility index (Phi) is 9.12. The van der Waals surface area contributed by atoms with Crippen molar-refractivity contribution in [3.05, 3.63) is 0 Å². The Hall–Kier alpha value is 0.700. The van der Waals surface area contributed by atoms with E-state index >= 15 is 0 Å². The largest absolute Gasteiger partial charge is 0.262 e. The fourth-order valence-electron chi connectivity index (χ4n) is 1.87. The molecule has 0 fully saturated rings. The highest BCUT2D eigenvalue weighted by Crippen LogP contribution is 2.57. The summed E-state index contributed by atoms with van der Waals surface area (Å²) in [4.78, 5) is 0. The number of hydrogen-bond donors (Lipinski definition) is 0. The summed E-state index contributed by atoms with van der Waals surface area (Å²) >= 11 is 2.12. The van der Waals surface area contributed by atoms with Gasteiger partial charge in [0.05, 0.1) is 0 Å². The van der Waals surface area contributed by atoms with Crippen LogP contribution >= 0.6 is 18.8 Å². The Labute approximate surface area is 108 Å². The topological polar surface area (TPSA) is 6.48 Å². The monoisotopic (exact) mass is 264 g/mol. The first-order valence-corrected chi connectivity index (χ1v) is 9.29. The van der Waals surface area contributed by atoms with Gasteiger partial charge in [-0.05, 0) is 33.4 Å². The maximum atomic E-state index is 2.68. The summed E-state index contributed by atoms with van der Waals surface area (Å²) in [6.07, 6.45) is 0. The zero-order valence-electron chi connectivity index (χ0n) is 12.0. The molecular formula is C12H29N2PS. The minimum absolute atomic E-state index is 0.183.